The van der Waals surface area contributed by atoms with E-state index in [0.29, 0.717) is 13.0 Å². The van der Waals surface area contributed by atoms with Gasteiger partial charge in [-0.2, -0.15) is 0 Å². The van der Waals surface area contributed by atoms with Gasteiger partial charge in [0.2, 0.25) is 5.91 Å². The van der Waals surface area contributed by atoms with Gasteiger partial charge in [-0.15, -0.1) is 0 Å². The van der Waals surface area contributed by atoms with E-state index in [0.717, 1.165) is 37.1 Å². The van der Waals surface area contributed by atoms with Crippen LogP contribution in [-0.4, -0.2) is 18.6 Å². The standard InChI is InChI=1S/C15H22N2O2/c16-13-6-4-12(5-7-13)11-17-15(18)9-8-14-3-1-2-10-19-14/h4-7,14H,1-3,8-11,16H2,(H,17,18). The van der Waals surface area contributed by atoms with Crippen molar-refractivity contribution in [2.75, 3.05) is 12.3 Å². The zero-order valence-corrected chi connectivity index (χ0v) is 11.2. The van der Waals surface area contributed by atoms with E-state index in [1.165, 1.54) is 6.42 Å². The fourth-order valence-electron chi connectivity index (χ4n) is 2.25. The molecule has 0 radical (unpaired) electrons. The molecule has 104 valence electrons. The number of carbonyl (C=O) groups excluding carboxylic acids is 1. The number of carbonyl (C=O) groups is 1. The maximum Gasteiger partial charge on any atom is 0.220 e. The number of anilines is 1. The van der Waals surface area contributed by atoms with Crippen LogP contribution in [0.15, 0.2) is 24.3 Å². The Bertz CT molecular complexity index is 397. The maximum atomic E-state index is 11.7. The highest BCUT2D eigenvalue weighted by Crippen LogP contribution is 2.16. The van der Waals surface area contributed by atoms with Gasteiger partial charge >= 0.3 is 0 Å². The fraction of sp³-hybridized carbons (Fsp3) is 0.533. The van der Waals surface area contributed by atoms with E-state index in [4.69, 9.17) is 10.5 Å². The van der Waals surface area contributed by atoms with Crippen LogP contribution in [0.25, 0.3) is 0 Å². The lowest BCUT2D eigenvalue weighted by Gasteiger charge is -2.22. The predicted molar refractivity (Wildman–Crippen MR) is 75.5 cm³/mol. The van der Waals surface area contributed by atoms with Crippen molar-refractivity contribution in [1.82, 2.24) is 5.32 Å². The van der Waals surface area contributed by atoms with Gasteiger partial charge in [-0.1, -0.05) is 12.1 Å². The molecular formula is C15H22N2O2. The molecule has 1 heterocycles. The lowest BCUT2D eigenvalue weighted by Crippen LogP contribution is -2.26. The summed E-state index contributed by atoms with van der Waals surface area (Å²) < 4.78 is 5.61. The third kappa shape index (κ3) is 4.91. The normalized spacial score (nSPS) is 19.1. The van der Waals surface area contributed by atoms with E-state index in [-0.39, 0.29) is 12.0 Å². The summed E-state index contributed by atoms with van der Waals surface area (Å²) in [6.45, 7) is 1.41. The van der Waals surface area contributed by atoms with E-state index in [1.807, 2.05) is 24.3 Å². The third-order valence-electron chi connectivity index (χ3n) is 3.44. The van der Waals surface area contributed by atoms with Gasteiger partial charge in [-0.3, -0.25) is 4.79 Å². The van der Waals surface area contributed by atoms with Gasteiger partial charge in [0.15, 0.2) is 0 Å². The van der Waals surface area contributed by atoms with Crippen LogP contribution in [0, 0.1) is 0 Å². The second-order valence-corrected chi connectivity index (χ2v) is 5.05. The largest absolute Gasteiger partial charge is 0.399 e. The van der Waals surface area contributed by atoms with Crippen LogP contribution in [0.1, 0.15) is 37.7 Å². The molecule has 0 aromatic heterocycles. The van der Waals surface area contributed by atoms with Crippen molar-refractivity contribution in [3.63, 3.8) is 0 Å². The molecule has 1 atom stereocenters. The molecule has 3 N–H and O–H groups in total. The van der Waals surface area contributed by atoms with Gasteiger partial charge in [0.05, 0.1) is 6.10 Å². The van der Waals surface area contributed by atoms with Crippen LogP contribution >= 0.6 is 0 Å². The number of nitrogens with one attached hydrogen (secondary N) is 1. The van der Waals surface area contributed by atoms with E-state index in [2.05, 4.69) is 5.32 Å². The molecule has 1 amide bonds. The van der Waals surface area contributed by atoms with Crippen LogP contribution in [0.2, 0.25) is 0 Å². The minimum atomic E-state index is 0.0889. The lowest BCUT2D eigenvalue weighted by atomic mass is 10.0. The molecule has 0 bridgehead atoms. The summed E-state index contributed by atoms with van der Waals surface area (Å²) >= 11 is 0. The van der Waals surface area contributed by atoms with Crippen molar-refractivity contribution in [3.05, 3.63) is 29.8 Å². The van der Waals surface area contributed by atoms with Crippen molar-refractivity contribution in [2.45, 2.75) is 44.8 Å². The first-order valence-corrected chi connectivity index (χ1v) is 6.97. The number of ether oxygens (including phenoxy) is 1. The van der Waals surface area contributed by atoms with Crippen molar-refractivity contribution >= 4 is 11.6 Å². The first-order valence-electron chi connectivity index (χ1n) is 6.97. The first-order chi connectivity index (χ1) is 9.24. The summed E-state index contributed by atoms with van der Waals surface area (Å²) in [5, 5.41) is 2.92. The number of hydrogen-bond donors (Lipinski definition) is 2. The molecule has 1 aliphatic heterocycles. The second kappa shape index (κ2) is 7.14. The average molecular weight is 262 g/mol. The Kier molecular flexibility index (Phi) is 5.21. The summed E-state index contributed by atoms with van der Waals surface area (Å²) in [6.07, 6.45) is 5.10. The van der Waals surface area contributed by atoms with Gasteiger partial charge in [0.25, 0.3) is 0 Å². The molecule has 1 saturated heterocycles. The SMILES string of the molecule is Nc1ccc(CNC(=O)CCC2CCCCO2)cc1. The molecule has 1 aromatic rings. The van der Waals surface area contributed by atoms with Crippen molar-refractivity contribution in [2.24, 2.45) is 0 Å². The second-order valence-electron chi connectivity index (χ2n) is 5.05. The molecule has 2 rings (SSSR count). The first kappa shape index (κ1) is 13.9. The van der Waals surface area contributed by atoms with E-state index < -0.39 is 0 Å². The van der Waals surface area contributed by atoms with E-state index in [9.17, 15) is 4.79 Å². The maximum absolute atomic E-state index is 11.7. The number of hydrogen-bond acceptors (Lipinski definition) is 3. The van der Waals surface area contributed by atoms with Crippen molar-refractivity contribution in [3.8, 4) is 0 Å². The van der Waals surface area contributed by atoms with E-state index in [1.54, 1.807) is 0 Å². The summed E-state index contributed by atoms with van der Waals surface area (Å²) in [5.74, 6) is 0.0889. The number of amides is 1. The monoisotopic (exact) mass is 262 g/mol. The Hall–Kier alpha value is -1.55. The Morgan fingerprint density at radius 2 is 2.11 bits per heavy atom. The Morgan fingerprint density at radius 3 is 2.79 bits per heavy atom. The quantitative estimate of drug-likeness (QED) is 0.800. The molecule has 4 nitrogen and oxygen atoms in total. The highest BCUT2D eigenvalue weighted by Gasteiger charge is 2.14. The summed E-state index contributed by atoms with van der Waals surface area (Å²) in [6, 6.07) is 7.55. The molecule has 4 heteroatoms. The van der Waals surface area contributed by atoms with Crippen LogP contribution in [0.3, 0.4) is 0 Å². The van der Waals surface area contributed by atoms with Gasteiger partial charge < -0.3 is 15.8 Å². The van der Waals surface area contributed by atoms with Crippen molar-refractivity contribution < 1.29 is 9.53 Å². The minimum absolute atomic E-state index is 0.0889. The highest BCUT2D eigenvalue weighted by atomic mass is 16.5. The fourth-order valence-corrected chi connectivity index (χ4v) is 2.25. The number of nitrogen functional groups attached to an aromatic ring is 1. The zero-order chi connectivity index (χ0) is 13.5. The minimum Gasteiger partial charge on any atom is -0.399 e. The molecule has 1 aromatic carbocycles. The molecule has 1 fully saturated rings. The number of benzene rings is 1. The van der Waals surface area contributed by atoms with Gasteiger partial charge in [-0.25, -0.2) is 0 Å². The molecule has 1 aliphatic rings. The molecule has 1 unspecified atom stereocenters. The molecule has 0 aliphatic carbocycles. The van der Waals surface area contributed by atoms with Gasteiger partial charge in [-0.05, 0) is 43.4 Å². The Labute approximate surface area is 114 Å². The summed E-state index contributed by atoms with van der Waals surface area (Å²) in [5.41, 5.74) is 7.42. The third-order valence-corrected chi connectivity index (χ3v) is 3.44. The molecule has 19 heavy (non-hydrogen) atoms. The van der Waals surface area contributed by atoms with Crippen LogP contribution in [0.4, 0.5) is 5.69 Å². The number of nitrogens with two attached hydrogens (primary N) is 1. The van der Waals surface area contributed by atoms with Crippen LogP contribution in [0.5, 0.6) is 0 Å². The lowest BCUT2D eigenvalue weighted by molar-refractivity contribution is -0.122. The van der Waals surface area contributed by atoms with Crippen molar-refractivity contribution in [1.29, 1.82) is 0 Å². The Balaban J connectivity index is 1.65. The Morgan fingerprint density at radius 1 is 1.32 bits per heavy atom. The topological polar surface area (TPSA) is 64.3 Å². The highest BCUT2D eigenvalue weighted by molar-refractivity contribution is 5.75. The summed E-state index contributed by atoms with van der Waals surface area (Å²) in [4.78, 5) is 11.7. The number of rotatable bonds is 5. The predicted octanol–water partition coefficient (Wildman–Crippen LogP) is 2.23. The van der Waals surface area contributed by atoms with Gasteiger partial charge in [0, 0.05) is 25.3 Å². The van der Waals surface area contributed by atoms with Gasteiger partial charge in [0.1, 0.15) is 0 Å². The summed E-state index contributed by atoms with van der Waals surface area (Å²) in [7, 11) is 0. The van der Waals surface area contributed by atoms with E-state index >= 15 is 0 Å². The molecular weight excluding hydrogens is 240 g/mol. The average Bonchev–Trinajstić information content (AvgIpc) is 2.45. The smallest absolute Gasteiger partial charge is 0.220 e. The molecule has 0 spiro atoms. The van der Waals surface area contributed by atoms with Crippen LogP contribution < -0.4 is 11.1 Å². The zero-order valence-electron chi connectivity index (χ0n) is 11.2. The molecule has 0 saturated carbocycles. The van der Waals surface area contributed by atoms with Crippen LogP contribution in [-0.2, 0) is 16.1 Å².